The molecule has 0 aliphatic rings. The van der Waals surface area contributed by atoms with Crippen LogP contribution in [0.4, 0.5) is 0 Å². The highest BCUT2D eigenvalue weighted by Gasteiger charge is 2.30. The Morgan fingerprint density at radius 2 is 2.24 bits per heavy atom. The predicted octanol–water partition coefficient (Wildman–Crippen LogP) is 3.45. The number of nitrogens with one attached hydrogen (secondary N) is 1. The van der Waals surface area contributed by atoms with Crippen LogP contribution < -0.4 is 5.32 Å². The van der Waals surface area contributed by atoms with Gasteiger partial charge in [0.05, 0.1) is 0 Å². The molecular formula is C12H15BrClNO2. The minimum Gasteiger partial charge on any atom is -0.480 e. The largest absolute Gasteiger partial charge is 0.480 e. The molecule has 0 heterocycles. The van der Waals surface area contributed by atoms with Gasteiger partial charge in [0, 0.05) is 16.0 Å². The van der Waals surface area contributed by atoms with Crippen LogP contribution in [0, 0.1) is 0 Å². The molecule has 0 aliphatic carbocycles. The van der Waals surface area contributed by atoms with Gasteiger partial charge in [0.25, 0.3) is 0 Å². The highest BCUT2D eigenvalue weighted by atomic mass is 79.9. The van der Waals surface area contributed by atoms with Crippen molar-refractivity contribution in [1.29, 1.82) is 0 Å². The Morgan fingerprint density at radius 3 is 2.71 bits per heavy atom. The monoisotopic (exact) mass is 319 g/mol. The van der Waals surface area contributed by atoms with Crippen molar-refractivity contribution in [3.8, 4) is 0 Å². The van der Waals surface area contributed by atoms with Gasteiger partial charge in [-0.05, 0) is 31.0 Å². The van der Waals surface area contributed by atoms with Gasteiger partial charge in [-0.25, -0.2) is 0 Å². The molecule has 0 bridgehead atoms. The highest BCUT2D eigenvalue weighted by molar-refractivity contribution is 9.10. The molecule has 0 aliphatic heterocycles. The number of carbonyl (C=O) groups is 1. The third kappa shape index (κ3) is 3.69. The molecule has 0 saturated heterocycles. The number of rotatable bonds is 5. The fourth-order valence-corrected chi connectivity index (χ4v) is 2.05. The van der Waals surface area contributed by atoms with Crippen LogP contribution in [-0.4, -0.2) is 16.6 Å². The molecule has 0 aromatic heterocycles. The molecule has 0 fully saturated rings. The van der Waals surface area contributed by atoms with E-state index in [1.165, 1.54) is 0 Å². The van der Waals surface area contributed by atoms with Crippen LogP contribution in [0.25, 0.3) is 0 Å². The van der Waals surface area contributed by atoms with E-state index in [9.17, 15) is 4.79 Å². The molecule has 3 nitrogen and oxygen atoms in total. The van der Waals surface area contributed by atoms with Gasteiger partial charge in [0.1, 0.15) is 5.54 Å². The van der Waals surface area contributed by atoms with Crippen molar-refractivity contribution in [2.45, 2.75) is 32.4 Å². The second-order valence-electron chi connectivity index (χ2n) is 4.08. The number of aliphatic carboxylic acids is 1. The van der Waals surface area contributed by atoms with E-state index in [0.29, 0.717) is 18.0 Å². The van der Waals surface area contributed by atoms with Gasteiger partial charge < -0.3 is 5.11 Å². The van der Waals surface area contributed by atoms with Crippen molar-refractivity contribution >= 4 is 33.5 Å². The molecular weight excluding hydrogens is 305 g/mol. The van der Waals surface area contributed by atoms with E-state index < -0.39 is 11.5 Å². The molecule has 0 radical (unpaired) electrons. The maximum Gasteiger partial charge on any atom is 0.323 e. The van der Waals surface area contributed by atoms with Crippen molar-refractivity contribution in [2.75, 3.05) is 0 Å². The number of halogens is 2. The lowest BCUT2D eigenvalue weighted by Crippen LogP contribution is -2.48. The van der Waals surface area contributed by atoms with E-state index in [1.807, 2.05) is 19.1 Å². The Bertz CT molecular complexity index is 425. The molecule has 1 rings (SSSR count). The van der Waals surface area contributed by atoms with Crippen LogP contribution in [-0.2, 0) is 11.3 Å². The first kappa shape index (κ1) is 14.5. The smallest absolute Gasteiger partial charge is 0.323 e. The molecule has 1 aromatic carbocycles. The Morgan fingerprint density at radius 1 is 1.59 bits per heavy atom. The second-order valence-corrected chi connectivity index (χ2v) is 5.40. The van der Waals surface area contributed by atoms with E-state index in [0.717, 1.165) is 10.0 Å². The first-order valence-electron chi connectivity index (χ1n) is 5.31. The third-order valence-electron chi connectivity index (χ3n) is 2.86. The van der Waals surface area contributed by atoms with Crippen LogP contribution in [0.1, 0.15) is 25.8 Å². The summed E-state index contributed by atoms with van der Waals surface area (Å²) in [6.07, 6.45) is 0.510. The summed E-state index contributed by atoms with van der Waals surface area (Å²) in [7, 11) is 0. The summed E-state index contributed by atoms with van der Waals surface area (Å²) in [5.41, 5.74) is -0.0352. The average Bonchev–Trinajstić information content (AvgIpc) is 2.27. The minimum absolute atomic E-state index is 0.433. The van der Waals surface area contributed by atoms with Crippen molar-refractivity contribution < 1.29 is 9.90 Å². The van der Waals surface area contributed by atoms with Gasteiger partial charge in [-0.2, -0.15) is 0 Å². The highest BCUT2D eigenvalue weighted by Crippen LogP contribution is 2.22. The zero-order valence-electron chi connectivity index (χ0n) is 9.76. The molecule has 17 heavy (non-hydrogen) atoms. The zero-order valence-corrected chi connectivity index (χ0v) is 12.1. The molecule has 0 saturated carbocycles. The van der Waals surface area contributed by atoms with Crippen molar-refractivity contribution in [2.24, 2.45) is 0 Å². The van der Waals surface area contributed by atoms with E-state index in [2.05, 4.69) is 21.2 Å². The Labute approximate surface area is 114 Å². The summed E-state index contributed by atoms with van der Waals surface area (Å²) in [4.78, 5) is 11.1. The van der Waals surface area contributed by atoms with Crippen molar-refractivity contribution in [3.63, 3.8) is 0 Å². The Balaban J connectivity index is 2.76. The van der Waals surface area contributed by atoms with Crippen LogP contribution in [0.3, 0.4) is 0 Å². The van der Waals surface area contributed by atoms with Crippen LogP contribution >= 0.6 is 27.5 Å². The normalized spacial score (nSPS) is 14.4. The Hall–Kier alpha value is -0.580. The van der Waals surface area contributed by atoms with E-state index in [4.69, 9.17) is 16.7 Å². The molecule has 1 atom stereocenters. The zero-order chi connectivity index (χ0) is 13.1. The Kier molecular flexibility index (Phi) is 4.98. The van der Waals surface area contributed by atoms with Crippen molar-refractivity contribution in [3.05, 3.63) is 33.3 Å². The lowest BCUT2D eigenvalue weighted by Gasteiger charge is -2.25. The summed E-state index contributed by atoms with van der Waals surface area (Å²) in [6, 6.07) is 5.55. The van der Waals surface area contributed by atoms with Crippen molar-refractivity contribution in [1.82, 2.24) is 5.32 Å². The molecule has 1 unspecified atom stereocenters. The van der Waals surface area contributed by atoms with Gasteiger partial charge in [-0.15, -0.1) is 0 Å². The predicted molar refractivity (Wildman–Crippen MR) is 72.3 cm³/mol. The van der Waals surface area contributed by atoms with Crippen LogP contribution in [0.15, 0.2) is 22.7 Å². The van der Waals surface area contributed by atoms with E-state index >= 15 is 0 Å². The first-order chi connectivity index (χ1) is 7.89. The van der Waals surface area contributed by atoms with Crippen LogP contribution in [0.5, 0.6) is 0 Å². The summed E-state index contributed by atoms with van der Waals surface area (Å²) < 4.78 is 0.905. The third-order valence-corrected chi connectivity index (χ3v) is 3.71. The van der Waals surface area contributed by atoms with Gasteiger partial charge in [-0.3, -0.25) is 10.1 Å². The fraction of sp³-hybridized carbons (Fsp3) is 0.417. The van der Waals surface area contributed by atoms with E-state index in [1.54, 1.807) is 13.0 Å². The van der Waals surface area contributed by atoms with Gasteiger partial charge in [0.2, 0.25) is 0 Å². The summed E-state index contributed by atoms with van der Waals surface area (Å²) in [5.74, 6) is -0.853. The maximum absolute atomic E-state index is 11.1. The number of hydrogen-bond acceptors (Lipinski definition) is 2. The van der Waals surface area contributed by atoms with Gasteiger partial charge in [-0.1, -0.05) is 40.5 Å². The van der Waals surface area contributed by atoms with Crippen LogP contribution in [0.2, 0.25) is 5.02 Å². The maximum atomic E-state index is 11.1. The summed E-state index contributed by atoms with van der Waals surface area (Å²) >= 11 is 9.39. The second kappa shape index (κ2) is 5.85. The average molecular weight is 321 g/mol. The minimum atomic E-state index is -0.920. The molecule has 0 amide bonds. The molecule has 5 heteroatoms. The molecule has 1 aromatic rings. The fourth-order valence-electron chi connectivity index (χ4n) is 1.31. The van der Waals surface area contributed by atoms with Gasteiger partial charge in [0.15, 0.2) is 0 Å². The molecule has 2 N–H and O–H groups in total. The lowest BCUT2D eigenvalue weighted by atomic mass is 9.99. The number of benzene rings is 1. The lowest BCUT2D eigenvalue weighted by molar-refractivity contribution is -0.144. The summed E-state index contributed by atoms with van der Waals surface area (Å²) in [6.45, 7) is 3.94. The topological polar surface area (TPSA) is 49.3 Å². The number of carboxylic acid groups (broad SMARTS) is 1. The molecule has 94 valence electrons. The quantitative estimate of drug-likeness (QED) is 0.873. The molecule has 0 spiro atoms. The van der Waals surface area contributed by atoms with Gasteiger partial charge >= 0.3 is 5.97 Å². The first-order valence-corrected chi connectivity index (χ1v) is 6.48. The number of carboxylic acids is 1. The standard InChI is InChI=1S/C12H15BrClNO2/c1-3-12(2,11(16)17)15-7-8-4-5-9(13)6-10(8)14/h4-6,15H,3,7H2,1-2H3,(H,16,17). The summed E-state index contributed by atoms with van der Waals surface area (Å²) in [5, 5.41) is 12.8. The SMILES string of the molecule is CCC(C)(NCc1ccc(Br)cc1Cl)C(=O)O. The van der Waals surface area contributed by atoms with E-state index in [-0.39, 0.29) is 0 Å². The number of hydrogen-bond donors (Lipinski definition) is 2.